The number of aliphatic hydroxyl groups is 2. The number of H-pyrrole nitrogens is 1. The number of halogens is 3. The van der Waals surface area contributed by atoms with E-state index in [0.717, 1.165) is 6.20 Å². The molecule has 1 aromatic heterocycles. The molecule has 2 unspecified atom stereocenters. The molecule has 3 N–H and O–H groups in total. The molecule has 0 saturated heterocycles. The predicted octanol–water partition coefficient (Wildman–Crippen LogP) is 0.741. The van der Waals surface area contributed by atoms with Gasteiger partial charge >= 0.3 is 12.1 Å². The van der Waals surface area contributed by atoms with E-state index in [0.29, 0.717) is 6.07 Å². The van der Waals surface area contributed by atoms with Crippen LogP contribution in [0.1, 0.15) is 30.6 Å². The summed E-state index contributed by atoms with van der Waals surface area (Å²) in [6.45, 7) is 1.61. The zero-order valence-corrected chi connectivity index (χ0v) is 11.0. The van der Waals surface area contributed by atoms with E-state index in [1.807, 2.05) is 4.98 Å². The third kappa shape index (κ3) is 4.57. The van der Waals surface area contributed by atoms with E-state index < -0.39 is 41.9 Å². The third-order valence-electron chi connectivity index (χ3n) is 2.62. The highest BCUT2D eigenvalue weighted by molar-refractivity contribution is 5.70. The van der Waals surface area contributed by atoms with Crippen molar-refractivity contribution in [2.24, 2.45) is 0 Å². The molecule has 6 nitrogen and oxygen atoms in total. The minimum absolute atomic E-state index is 0.0680. The fourth-order valence-electron chi connectivity index (χ4n) is 1.61. The van der Waals surface area contributed by atoms with Gasteiger partial charge in [0.05, 0.1) is 19.1 Å². The lowest BCUT2D eigenvalue weighted by Crippen LogP contribution is -2.26. The first-order valence-electron chi connectivity index (χ1n) is 5.98. The number of rotatable bonds is 5. The molecule has 0 aliphatic heterocycles. The number of carbonyl (C=O) groups is 1. The highest BCUT2D eigenvalue weighted by Crippen LogP contribution is 2.28. The van der Waals surface area contributed by atoms with Gasteiger partial charge in [-0.15, -0.1) is 0 Å². The summed E-state index contributed by atoms with van der Waals surface area (Å²) in [4.78, 5) is 24.0. The molecule has 118 valence electrons. The lowest BCUT2D eigenvalue weighted by atomic mass is 10.0. The van der Waals surface area contributed by atoms with Gasteiger partial charge in [-0.2, -0.15) is 13.2 Å². The van der Waals surface area contributed by atoms with Gasteiger partial charge < -0.3 is 19.9 Å². The summed E-state index contributed by atoms with van der Waals surface area (Å²) >= 11 is 0. The molecule has 1 aromatic rings. The Labute approximate surface area is 117 Å². The summed E-state index contributed by atoms with van der Waals surface area (Å²) in [5.41, 5.74) is -3.22. The van der Waals surface area contributed by atoms with Gasteiger partial charge in [0, 0.05) is 6.20 Å². The number of ether oxygens (including phenoxy) is 1. The monoisotopic (exact) mass is 309 g/mol. The van der Waals surface area contributed by atoms with E-state index in [9.17, 15) is 33.0 Å². The number of aromatic nitrogens is 1. The first-order chi connectivity index (χ1) is 9.66. The summed E-state index contributed by atoms with van der Waals surface area (Å²) in [7, 11) is 0. The first kappa shape index (κ1) is 17.2. The lowest BCUT2D eigenvalue weighted by Gasteiger charge is -2.18. The highest BCUT2D eigenvalue weighted by Gasteiger charge is 2.35. The number of hydrogen-bond donors (Lipinski definition) is 3. The molecular formula is C12H14F3NO5. The van der Waals surface area contributed by atoms with Gasteiger partial charge in [-0.3, -0.25) is 9.59 Å². The summed E-state index contributed by atoms with van der Waals surface area (Å²) in [5.74, 6) is -0.801. The van der Waals surface area contributed by atoms with E-state index in [1.165, 1.54) is 6.92 Å². The molecule has 1 rings (SSSR count). The van der Waals surface area contributed by atoms with E-state index in [-0.39, 0.29) is 12.2 Å². The molecule has 9 heteroatoms. The zero-order chi connectivity index (χ0) is 16.2. The van der Waals surface area contributed by atoms with Crippen molar-refractivity contribution in [2.45, 2.75) is 31.7 Å². The van der Waals surface area contributed by atoms with Crippen LogP contribution in [0.15, 0.2) is 17.1 Å². The van der Waals surface area contributed by atoms with Crippen molar-refractivity contribution in [1.29, 1.82) is 0 Å². The summed E-state index contributed by atoms with van der Waals surface area (Å²) < 4.78 is 42.2. The van der Waals surface area contributed by atoms with Gasteiger partial charge in [0.1, 0.15) is 11.7 Å². The maximum Gasteiger partial charge on any atom is 0.421 e. The predicted molar refractivity (Wildman–Crippen MR) is 64.3 cm³/mol. The minimum atomic E-state index is -4.89. The summed E-state index contributed by atoms with van der Waals surface area (Å²) in [6.07, 6.45) is -8.06. The average Bonchev–Trinajstić information content (AvgIpc) is 2.37. The Hall–Kier alpha value is -1.87. The van der Waals surface area contributed by atoms with E-state index in [1.54, 1.807) is 0 Å². The number of esters is 1. The molecule has 0 radical (unpaired) electrons. The minimum Gasteiger partial charge on any atom is -0.466 e. The second-order valence-electron chi connectivity index (χ2n) is 4.19. The molecule has 0 aliphatic rings. The molecular weight excluding hydrogens is 295 g/mol. The van der Waals surface area contributed by atoms with Gasteiger partial charge in [-0.1, -0.05) is 0 Å². The van der Waals surface area contributed by atoms with E-state index in [2.05, 4.69) is 4.74 Å². The Morgan fingerprint density at radius 2 is 2.05 bits per heavy atom. The van der Waals surface area contributed by atoms with Crippen LogP contribution in [0.3, 0.4) is 0 Å². The Kier molecular flexibility index (Phi) is 5.50. The van der Waals surface area contributed by atoms with E-state index >= 15 is 0 Å². The van der Waals surface area contributed by atoms with Gasteiger partial charge in [0.2, 0.25) is 0 Å². The van der Waals surface area contributed by atoms with Crippen molar-refractivity contribution in [2.75, 3.05) is 6.61 Å². The molecule has 0 aromatic carbocycles. The Bertz CT molecular complexity index is 555. The molecule has 0 spiro atoms. The molecule has 21 heavy (non-hydrogen) atoms. The molecule has 0 fully saturated rings. The molecule has 2 atom stereocenters. The topological polar surface area (TPSA) is 99.6 Å². The van der Waals surface area contributed by atoms with Gasteiger partial charge in [-0.05, 0) is 18.6 Å². The molecule has 0 bridgehead atoms. The van der Waals surface area contributed by atoms with Crippen molar-refractivity contribution >= 4 is 5.97 Å². The fraction of sp³-hybridized carbons (Fsp3) is 0.500. The number of pyridine rings is 1. The number of aromatic amines is 1. The van der Waals surface area contributed by atoms with Crippen LogP contribution in [-0.4, -0.2) is 33.9 Å². The second-order valence-corrected chi connectivity index (χ2v) is 4.19. The number of alkyl halides is 3. The first-order valence-corrected chi connectivity index (χ1v) is 5.98. The fourth-order valence-corrected chi connectivity index (χ4v) is 1.61. The van der Waals surface area contributed by atoms with Gasteiger partial charge in [0.25, 0.3) is 5.56 Å². The van der Waals surface area contributed by atoms with Crippen molar-refractivity contribution in [3.63, 3.8) is 0 Å². The number of hydrogen-bond acceptors (Lipinski definition) is 5. The SMILES string of the molecule is CCOC(=O)CC(O)C(O)c1c[nH]c(=O)c(C(F)(F)F)c1. The van der Waals surface area contributed by atoms with Crippen LogP contribution >= 0.6 is 0 Å². The van der Waals surface area contributed by atoms with Crippen LogP contribution in [-0.2, 0) is 15.7 Å². The molecule has 0 aliphatic carbocycles. The number of carbonyl (C=O) groups excluding carboxylic acids is 1. The second kappa shape index (κ2) is 6.72. The quantitative estimate of drug-likeness (QED) is 0.697. The maximum atomic E-state index is 12.6. The van der Waals surface area contributed by atoms with Crippen LogP contribution < -0.4 is 5.56 Å². The molecule has 0 amide bonds. The van der Waals surface area contributed by atoms with E-state index in [4.69, 9.17) is 0 Å². The van der Waals surface area contributed by atoms with Gasteiger partial charge in [-0.25, -0.2) is 0 Å². The number of nitrogens with one attached hydrogen (secondary N) is 1. The van der Waals surface area contributed by atoms with Crippen LogP contribution in [0.25, 0.3) is 0 Å². The Balaban J connectivity index is 2.95. The van der Waals surface area contributed by atoms with Crippen LogP contribution in [0.5, 0.6) is 0 Å². The maximum absolute atomic E-state index is 12.6. The van der Waals surface area contributed by atoms with Gasteiger partial charge in [0.15, 0.2) is 0 Å². The third-order valence-corrected chi connectivity index (χ3v) is 2.62. The van der Waals surface area contributed by atoms with Crippen molar-refractivity contribution < 1.29 is 32.9 Å². The lowest BCUT2D eigenvalue weighted by molar-refractivity contribution is -0.147. The van der Waals surface area contributed by atoms with Crippen LogP contribution in [0, 0.1) is 0 Å². The highest BCUT2D eigenvalue weighted by atomic mass is 19.4. The van der Waals surface area contributed by atoms with Crippen molar-refractivity contribution in [3.8, 4) is 0 Å². The molecule has 1 heterocycles. The largest absolute Gasteiger partial charge is 0.466 e. The molecule has 0 saturated carbocycles. The number of aliphatic hydroxyl groups excluding tert-OH is 2. The normalized spacial score (nSPS) is 14.6. The zero-order valence-electron chi connectivity index (χ0n) is 11.0. The average molecular weight is 309 g/mol. The van der Waals surface area contributed by atoms with Crippen molar-refractivity contribution in [3.05, 3.63) is 33.7 Å². The van der Waals surface area contributed by atoms with Crippen molar-refractivity contribution in [1.82, 2.24) is 4.98 Å². The van der Waals surface area contributed by atoms with Crippen LogP contribution in [0.2, 0.25) is 0 Å². The van der Waals surface area contributed by atoms with Crippen LogP contribution in [0.4, 0.5) is 13.2 Å². The summed E-state index contributed by atoms with van der Waals surface area (Å²) in [6, 6.07) is 0.428. The Morgan fingerprint density at radius 1 is 1.43 bits per heavy atom. The Morgan fingerprint density at radius 3 is 2.57 bits per heavy atom. The smallest absolute Gasteiger partial charge is 0.421 e. The standard InChI is InChI=1S/C12H14F3NO5/c1-2-21-9(18)4-8(17)10(19)6-3-7(12(13,14)15)11(20)16-5-6/h3,5,8,10,17,19H,2,4H2,1H3,(H,16,20). The summed E-state index contributed by atoms with van der Waals surface area (Å²) in [5, 5.41) is 19.3.